The number of aromatic hydroxyl groups is 2. The Balaban J connectivity index is 0.000000173. The van der Waals surface area contributed by atoms with E-state index in [0.29, 0.717) is 0 Å². The Hall–Kier alpha value is -7.46. The summed E-state index contributed by atoms with van der Waals surface area (Å²) in [4.78, 5) is 17.1. The van der Waals surface area contributed by atoms with E-state index in [9.17, 15) is 10.2 Å². The van der Waals surface area contributed by atoms with Crippen molar-refractivity contribution in [2.45, 2.75) is 0 Å². The molecule has 12 heteroatoms. The number of methoxy groups -OCH3 is 4. The Morgan fingerprint density at radius 2 is 0.735 bits per heavy atom. The molecule has 0 amide bonds. The minimum absolute atomic E-state index is 0. The topological polar surface area (TPSA) is 129 Å². The van der Waals surface area contributed by atoms with E-state index >= 15 is 0 Å². The molecule has 0 saturated carbocycles. The minimum Gasteiger partial charge on any atom is -0.506 e. The van der Waals surface area contributed by atoms with Crippen LogP contribution in [0.1, 0.15) is 0 Å². The van der Waals surface area contributed by atoms with Crippen LogP contribution in [-0.4, -0.2) is 58.6 Å². The third-order valence-corrected chi connectivity index (χ3v) is 10.6. The predicted molar refractivity (Wildman–Crippen MR) is 260 cm³/mol. The second-order valence-corrected chi connectivity index (χ2v) is 14.7. The van der Waals surface area contributed by atoms with E-state index in [1.165, 1.54) is 35.3 Å². The van der Waals surface area contributed by atoms with Crippen LogP contribution in [-0.2, 0) is 40.2 Å². The zero-order chi connectivity index (χ0) is 45.8. The number of ether oxygens (including phenoxy) is 4. The number of hydrogen-bond acceptors (Lipinski definition) is 10. The molecule has 2 radical (unpaired) electrons. The van der Waals surface area contributed by atoms with Crippen LogP contribution in [0, 0.1) is 12.1 Å². The summed E-state index contributed by atoms with van der Waals surface area (Å²) < 4.78 is 21.6. The van der Waals surface area contributed by atoms with Crippen molar-refractivity contribution < 1.29 is 69.4 Å². The number of aromatic nitrogens is 4. The van der Waals surface area contributed by atoms with E-state index in [1.54, 1.807) is 40.6 Å². The maximum atomic E-state index is 9.47. The van der Waals surface area contributed by atoms with Gasteiger partial charge in [-0.15, -0.1) is 70.8 Å². The van der Waals surface area contributed by atoms with Crippen LogP contribution in [0.2, 0.25) is 0 Å². The molecule has 4 aromatic heterocycles. The van der Waals surface area contributed by atoms with Crippen molar-refractivity contribution in [3.05, 3.63) is 195 Å². The van der Waals surface area contributed by atoms with Crippen LogP contribution in [0.5, 0.6) is 34.5 Å². The van der Waals surface area contributed by atoms with Crippen LogP contribution in [0.4, 0.5) is 0 Å². The third-order valence-electron chi connectivity index (χ3n) is 10.6. The zero-order valence-corrected chi connectivity index (χ0v) is 42.1. The molecule has 2 N–H and O–H groups in total. The van der Waals surface area contributed by atoms with Crippen LogP contribution in [0.15, 0.2) is 183 Å². The molecule has 0 unspecified atom stereocenters. The van der Waals surface area contributed by atoms with Crippen LogP contribution in [0.3, 0.4) is 0 Å². The van der Waals surface area contributed by atoms with Crippen molar-refractivity contribution >= 4 is 21.5 Å². The number of fused-ring (bicyclic) bond motifs is 2. The fourth-order valence-electron chi connectivity index (χ4n) is 7.34. The molecular formula is C56H44Ir2N4O6-2. The van der Waals surface area contributed by atoms with Gasteiger partial charge in [0.2, 0.25) is 0 Å². The van der Waals surface area contributed by atoms with Gasteiger partial charge in [0.1, 0.15) is 45.9 Å². The summed E-state index contributed by atoms with van der Waals surface area (Å²) >= 11 is 0. The molecule has 0 saturated heterocycles. The Morgan fingerprint density at radius 1 is 0.368 bits per heavy atom. The van der Waals surface area contributed by atoms with E-state index in [0.717, 1.165) is 78.5 Å². The largest absolute Gasteiger partial charge is 0.506 e. The van der Waals surface area contributed by atoms with Crippen molar-refractivity contribution in [3.63, 3.8) is 0 Å². The number of pyridine rings is 4. The smallest absolute Gasteiger partial charge is 0.143 e. The van der Waals surface area contributed by atoms with Crippen LogP contribution < -0.4 is 18.9 Å². The van der Waals surface area contributed by atoms with Crippen molar-refractivity contribution in [3.8, 4) is 90.7 Å². The summed E-state index contributed by atoms with van der Waals surface area (Å²) in [5.41, 5.74) is 8.52. The van der Waals surface area contributed by atoms with Gasteiger partial charge in [0.25, 0.3) is 0 Å². The maximum Gasteiger partial charge on any atom is 0.143 e. The van der Waals surface area contributed by atoms with Gasteiger partial charge in [-0.1, -0.05) is 48.5 Å². The first kappa shape index (κ1) is 50.0. The molecule has 0 aliphatic rings. The SMILES string of the molecule is COc1cc(OC)cc(-c2cc[c-]c(-c3nccc4ccccc34)c2)c1.COc1cc(OC)cc(-c2cc[c-]c(-c3nccc4ccccc34)c2)c1.Oc1cccnc1-c1ncccc1O.[Ir].[Ir]. The molecule has 0 aliphatic carbocycles. The summed E-state index contributed by atoms with van der Waals surface area (Å²) in [6, 6.07) is 57.3. The summed E-state index contributed by atoms with van der Waals surface area (Å²) in [6.45, 7) is 0. The maximum absolute atomic E-state index is 9.47. The zero-order valence-electron chi connectivity index (χ0n) is 37.3. The van der Waals surface area contributed by atoms with Crippen LogP contribution in [0.25, 0.3) is 77.7 Å². The molecule has 10 aromatic rings. The monoisotopic (exact) mass is 1250 g/mol. The van der Waals surface area contributed by atoms with Gasteiger partial charge in [0.05, 0.1) is 28.4 Å². The molecular weight excluding hydrogens is 1210 g/mol. The molecule has 0 atom stereocenters. The van der Waals surface area contributed by atoms with E-state index in [-0.39, 0.29) is 63.1 Å². The Kier molecular flexibility index (Phi) is 17.5. The molecule has 6 aromatic carbocycles. The minimum atomic E-state index is 0. The molecule has 0 spiro atoms. The predicted octanol–water partition coefficient (Wildman–Crippen LogP) is 12.3. The van der Waals surface area contributed by atoms with Gasteiger partial charge in [0, 0.05) is 77.1 Å². The van der Waals surface area contributed by atoms with Gasteiger partial charge in [-0.2, -0.15) is 0 Å². The third kappa shape index (κ3) is 11.7. The first-order valence-corrected chi connectivity index (χ1v) is 20.8. The summed E-state index contributed by atoms with van der Waals surface area (Å²) in [5.74, 6) is 3.05. The van der Waals surface area contributed by atoms with Crippen molar-refractivity contribution in [2.75, 3.05) is 28.4 Å². The van der Waals surface area contributed by atoms with Gasteiger partial charge in [-0.05, 0) is 105 Å². The molecule has 0 bridgehead atoms. The molecule has 0 aliphatic heterocycles. The fourth-order valence-corrected chi connectivity index (χ4v) is 7.34. The molecule has 344 valence electrons. The van der Waals surface area contributed by atoms with E-state index in [2.05, 4.69) is 68.5 Å². The summed E-state index contributed by atoms with van der Waals surface area (Å²) in [7, 11) is 6.62. The first-order chi connectivity index (χ1) is 32.3. The quantitative estimate of drug-likeness (QED) is 0.135. The molecule has 4 heterocycles. The number of nitrogens with zero attached hydrogens (tertiary/aromatic N) is 4. The number of hydrogen-bond donors (Lipinski definition) is 2. The van der Waals surface area contributed by atoms with E-state index in [4.69, 9.17) is 18.9 Å². The second-order valence-electron chi connectivity index (χ2n) is 14.7. The van der Waals surface area contributed by atoms with Gasteiger partial charge < -0.3 is 39.1 Å². The second kappa shape index (κ2) is 23.8. The number of rotatable bonds is 9. The molecule has 10 nitrogen and oxygen atoms in total. The Labute approximate surface area is 422 Å². The van der Waals surface area contributed by atoms with E-state index < -0.39 is 0 Å². The normalized spacial score (nSPS) is 10.2. The van der Waals surface area contributed by atoms with Crippen LogP contribution >= 0.6 is 0 Å². The standard InChI is InChI=1S/2C23H18NO2.C10H8N2O2.2Ir/c2*1-25-20-13-19(14-21(15-20)26-2)17-7-5-8-18(12-17)23-22-9-4-3-6-16(22)10-11-24-23;13-7-3-1-5-11-9(7)10-8(14)4-2-6-12-10;;/h2*3-7,9-15H,1-2H3;1-6,13-14H;;/q2*-1;;;. The van der Waals surface area contributed by atoms with Gasteiger partial charge >= 0.3 is 0 Å². The molecule has 68 heavy (non-hydrogen) atoms. The van der Waals surface area contributed by atoms with E-state index in [1.807, 2.05) is 109 Å². The van der Waals surface area contributed by atoms with Gasteiger partial charge in [-0.3, -0.25) is 9.97 Å². The van der Waals surface area contributed by atoms with Gasteiger partial charge in [0.15, 0.2) is 0 Å². The molecule has 0 fully saturated rings. The number of benzene rings is 6. The average Bonchev–Trinajstić information content (AvgIpc) is 3.38. The summed E-state index contributed by atoms with van der Waals surface area (Å²) in [5, 5.41) is 23.5. The van der Waals surface area contributed by atoms with Crippen molar-refractivity contribution in [2.24, 2.45) is 0 Å². The summed E-state index contributed by atoms with van der Waals surface area (Å²) in [6.07, 6.45) is 6.74. The van der Waals surface area contributed by atoms with Gasteiger partial charge in [-0.25, -0.2) is 0 Å². The average molecular weight is 1250 g/mol. The Bertz CT molecular complexity index is 3010. The molecule has 10 rings (SSSR count). The van der Waals surface area contributed by atoms with Crippen molar-refractivity contribution in [1.29, 1.82) is 0 Å². The fraction of sp³-hybridized carbons (Fsp3) is 0.0714. The Morgan fingerprint density at radius 3 is 1.10 bits per heavy atom. The van der Waals surface area contributed by atoms with Crippen molar-refractivity contribution in [1.82, 2.24) is 19.9 Å². The first-order valence-electron chi connectivity index (χ1n) is 20.8.